The van der Waals surface area contributed by atoms with Gasteiger partial charge in [-0.15, -0.1) is 0 Å². The summed E-state index contributed by atoms with van der Waals surface area (Å²) >= 11 is -0.672. The van der Waals surface area contributed by atoms with Crippen molar-refractivity contribution in [3.8, 4) is 45.6 Å². The molecule has 10 nitrogen and oxygen atoms in total. The minimum atomic E-state index is -1.53. The summed E-state index contributed by atoms with van der Waals surface area (Å²) in [5.74, 6) is 2.39. The predicted molar refractivity (Wildman–Crippen MR) is 368 cm³/mol. The third-order valence-corrected chi connectivity index (χ3v) is 29.8. The molecule has 0 atom stereocenters. The SMILES string of the molecule is CCCCCCCCCCCCCCCCCC[Si](C)(C)[O][Ge][O][Si](C)(C)CCCCCCCCCCCCCCCCCC.c1ccc2c(c1)-c1nc-2nc2[nH]c(nc3nc(nc4[nH]c(n1)c1ccccc41)-c1ccccc1-3)c1ccccc21. The molecule has 85 heavy (non-hydrogen) atoms. The molecule has 0 spiro atoms. The summed E-state index contributed by atoms with van der Waals surface area (Å²) in [6.07, 6.45) is 46.2. The summed E-state index contributed by atoms with van der Waals surface area (Å²) in [6.45, 7) is 14.3. The van der Waals surface area contributed by atoms with E-state index < -0.39 is 32.7 Å². The van der Waals surface area contributed by atoms with E-state index in [0.717, 1.165) is 43.8 Å². The van der Waals surface area contributed by atoms with Crippen molar-refractivity contribution >= 4 is 76.9 Å². The minimum Gasteiger partial charge on any atom is -0.324 e. The van der Waals surface area contributed by atoms with Crippen LogP contribution < -0.4 is 0 Å². The van der Waals surface area contributed by atoms with E-state index in [-0.39, 0.29) is 0 Å². The van der Waals surface area contributed by atoms with Gasteiger partial charge in [-0.3, -0.25) is 0 Å². The van der Waals surface area contributed by atoms with Crippen molar-refractivity contribution in [3.05, 3.63) is 97.1 Å². The van der Waals surface area contributed by atoms with Crippen LogP contribution in [0.25, 0.3) is 89.7 Å². The molecular weight excluding hydrogens is 1140 g/mol. The number of benzene rings is 4. The number of hydrogen-bond donors (Lipinski definition) is 2. The molecule has 456 valence electrons. The third-order valence-electron chi connectivity index (χ3n) is 17.4. The van der Waals surface area contributed by atoms with E-state index in [1.54, 1.807) is 0 Å². The van der Waals surface area contributed by atoms with Crippen molar-refractivity contribution in [1.29, 1.82) is 0 Å². The molecule has 0 saturated carbocycles. The fraction of sp³-hybridized carbons (Fsp3) is 0.556. The molecule has 2 aliphatic rings. The minimum absolute atomic E-state index is 0.597. The van der Waals surface area contributed by atoms with Crippen LogP contribution in [0, 0.1) is 0 Å². The number of nitrogens with one attached hydrogen (secondary N) is 2. The van der Waals surface area contributed by atoms with Gasteiger partial charge < -0.3 is 9.97 Å². The van der Waals surface area contributed by atoms with Crippen LogP contribution in [0.4, 0.5) is 0 Å². The Balaban J connectivity index is 0.000000221. The average molecular weight is 1240 g/mol. The summed E-state index contributed by atoms with van der Waals surface area (Å²) in [6, 6.07) is 34.9. The van der Waals surface area contributed by atoms with E-state index in [1.165, 1.54) is 218 Å². The Kier molecular flexibility index (Phi) is 27.9. The molecule has 0 saturated heterocycles. The molecule has 8 bridgehead atoms. The Morgan fingerprint density at radius 2 is 0.506 bits per heavy atom. The first-order valence-corrected chi connectivity index (χ1v) is 41.9. The van der Waals surface area contributed by atoms with E-state index in [4.69, 9.17) is 36.8 Å². The maximum absolute atomic E-state index is 6.50. The van der Waals surface area contributed by atoms with Gasteiger partial charge >= 0.3 is 193 Å². The molecule has 0 amide bonds. The zero-order chi connectivity index (χ0) is 59.4. The van der Waals surface area contributed by atoms with Crippen LogP contribution in [-0.4, -0.2) is 72.6 Å². The number of unbranched alkanes of at least 4 members (excludes halogenated alkanes) is 30. The molecule has 2 radical (unpaired) electrons. The molecule has 0 fully saturated rings. The van der Waals surface area contributed by atoms with Crippen LogP contribution in [0.2, 0.25) is 38.3 Å². The molecule has 13 heteroatoms. The second-order valence-electron chi connectivity index (χ2n) is 25.7. The van der Waals surface area contributed by atoms with Gasteiger partial charge in [0.2, 0.25) is 0 Å². The summed E-state index contributed by atoms with van der Waals surface area (Å²) in [5.41, 5.74) is 6.45. The molecule has 0 unspecified atom stereocenters. The molecule has 7 aromatic rings. The predicted octanol–water partition coefficient (Wildman–Crippen LogP) is 22.4. The zero-order valence-electron chi connectivity index (χ0n) is 53.3. The van der Waals surface area contributed by atoms with Crippen molar-refractivity contribution in [3.63, 3.8) is 0 Å². The first-order valence-electron chi connectivity index (χ1n) is 33.9. The molecule has 4 aromatic carbocycles. The van der Waals surface area contributed by atoms with Crippen LogP contribution in [0.1, 0.15) is 219 Å². The average Bonchev–Trinajstić information content (AvgIpc) is 3.25. The standard InChI is InChI=1S/C40H86GeO2Si2.C32H18N8/c1-7-9-11-13-15-17-19-21-23-25-27-29-31-33-35-37-39-44(3,4)42-41-43-45(5,6)40-38-36-34-32-30-28-26-24-22-20-18-16-14-12-10-8-2;1-2-10-18-17(9-1)25-33-26(18)38-28-21-13-5-6-14-22(21)30(35-28)40-32-24-16-8-7-15-23(24)31(36-32)39-29-20-12-4-3-11-19(20)27(34-29)37-25/h7-40H2,1-6H3;1-16H,(H2,33,34,35,36,37,38,39,40). The first-order chi connectivity index (χ1) is 41.6. The quantitative estimate of drug-likeness (QED) is 0.0289. The van der Waals surface area contributed by atoms with E-state index in [9.17, 15) is 0 Å². The fourth-order valence-electron chi connectivity index (χ4n) is 12.1. The first kappa shape index (κ1) is 66.1. The van der Waals surface area contributed by atoms with E-state index >= 15 is 0 Å². The van der Waals surface area contributed by atoms with Crippen LogP contribution in [0.5, 0.6) is 0 Å². The molecular formula is C72H104GeN8O2Si2. The van der Waals surface area contributed by atoms with E-state index in [2.05, 4.69) is 50.0 Å². The van der Waals surface area contributed by atoms with Gasteiger partial charge in [0.25, 0.3) is 0 Å². The second kappa shape index (κ2) is 35.8. The normalized spacial score (nSPS) is 12.2. The van der Waals surface area contributed by atoms with Crippen LogP contribution in [0.15, 0.2) is 97.1 Å². The van der Waals surface area contributed by atoms with Gasteiger partial charge in [-0.2, -0.15) is 0 Å². The van der Waals surface area contributed by atoms with Crippen molar-refractivity contribution in [2.75, 3.05) is 0 Å². The Morgan fingerprint density at radius 3 is 0.741 bits per heavy atom. The number of hydrogen-bond acceptors (Lipinski definition) is 8. The van der Waals surface area contributed by atoms with Gasteiger partial charge in [0, 0.05) is 43.8 Å². The van der Waals surface area contributed by atoms with Crippen LogP contribution in [-0.2, 0) is 6.91 Å². The molecule has 9 rings (SSSR count). The van der Waals surface area contributed by atoms with Crippen LogP contribution in [0.3, 0.4) is 0 Å². The van der Waals surface area contributed by atoms with Gasteiger partial charge in [-0.25, -0.2) is 29.9 Å². The summed E-state index contributed by atoms with van der Waals surface area (Å²) < 4.78 is 13.0. The molecule has 2 aliphatic heterocycles. The number of aromatic nitrogens is 8. The van der Waals surface area contributed by atoms with Crippen molar-refractivity contribution in [1.82, 2.24) is 39.9 Å². The van der Waals surface area contributed by atoms with Crippen LogP contribution >= 0.6 is 0 Å². The molecule has 2 N–H and O–H groups in total. The topological polar surface area (TPSA) is 127 Å². The van der Waals surface area contributed by atoms with Gasteiger partial charge in [0.05, 0.1) is 0 Å². The monoisotopic (exact) mass is 1240 g/mol. The summed E-state index contributed by atoms with van der Waals surface area (Å²) in [7, 11) is -3.07. The van der Waals surface area contributed by atoms with Gasteiger partial charge in [0.15, 0.2) is 23.3 Å². The molecule has 3 aromatic heterocycles. The van der Waals surface area contributed by atoms with E-state index in [1.807, 2.05) is 97.1 Å². The summed E-state index contributed by atoms with van der Waals surface area (Å²) in [4.78, 5) is 36.8. The van der Waals surface area contributed by atoms with Crippen molar-refractivity contribution in [2.24, 2.45) is 0 Å². The summed E-state index contributed by atoms with van der Waals surface area (Å²) in [5, 5.41) is 3.82. The number of fused-ring (bicyclic) bond motifs is 20. The Hall–Kier alpha value is -4.86. The smallest absolute Gasteiger partial charge is 0.324 e. The third kappa shape index (κ3) is 21.2. The number of H-pyrrole nitrogens is 2. The van der Waals surface area contributed by atoms with Gasteiger partial charge in [-0.1, -0.05) is 201 Å². The second-order valence-corrected chi connectivity index (χ2v) is 37.1. The van der Waals surface area contributed by atoms with Crippen molar-refractivity contribution in [2.45, 2.75) is 258 Å². The van der Waals surface area contributed by atoms with E-state index in [0.29, 0.717) is 45.9 Å². The van der Waals surface area contributed by atoms with Crippen molar-refractivity contribution < 1.29 is 6.91 Å². The van der Waals surface area contributed by atoms with Gasteiger partial charge in [0.1, 0.15) is 22.6 Å². The molecule has 5 heterocycles. The fourth-order valence-corrected chi connectivity index (χ4v) is 20.1. The Labute approximate surface area is 520 Å². The number of aromatic amines is 2. The zero-order valence-corrected chi connectivity index (χ0v) is 57.4. The Bertz CT molecular complexity index is 2900. The van der Waals surface area contributed by atoms with Gasteiger partial charge in [-0.05, 0) is 0 Å². The number of nitrogens with zero attached hydrogens (tertiary/aromatic N) is 6. The maximum atomic E-state index is 6.50. The molecule has 0 aliphatic carbocycles. The Morgan fingerprint density at radius 1 is 0.294 bits per heavy atom. The number of rotatable bonds is 38.